The lowest BCUT2D eigenvalue weighted by molar-refractivity contribution is 0.234. The van der Waals surface area contributed by atoms with Gasteiger partial charge in [-0.05, 0) is 12.8 Å². The van der Waals surface area contributed by atoms with Crippen molar-refractivity contribution in [3.8, 4) is 0 Å². The van der Waals surface area contributed by atoms with Gasteiger partial charge in [-0.15, -0.1) is 0 Å². The van der Waals surface area contributed by atoms with Crippen LogP contribution in [-0.4, -0.2) is 19.6 Å². The lowest BCUT2D eigenvalue weighted by atomic mass is 9.99. The molecule has 0 saturated heterocycles. The molecule has 0 rings (SSSR count). The van der Waals surface area contributed by atoms with Crippen LogP contribution in [0.4, 0.5) is 0 Å². The predicted molar refractivity (Wildman–Crippen MR) is 92.3 cm³/mol. The first kappa shape index (κ1) is 21.6. The molecule has 0 aromatic carbocycles. The molecule has 0 radical (unpaired) electrons. The van der Waals surface area contributed by atoms with Crippen molar-refractivity contribution in [2.75, 3.05) is 6.61 Å². The van der Waals surface area contributed by atoms with E-state index in [4.69, 9.17) is 4.55 Å². The Hall–Kier alpha value is -0.390. The minimum atomic E-state index is -4.33. The normalized spacial score (nSPS) is 13.8. The quantitative estimate of drug-likeness (QED) is 0.250. The molecular weight excluding hydrogens is 300 g/mol. The maximum atomic E-state index is 10.7. The van der Waals surface area contributed by atoms with Crippen molar-refractivity contribution in [2.24, 2.45) is 5.92 Å². The number of unbranched alkanes of at least 4 members (excludes halogenated alkanes) is 8. The van der Waals surface area contributed by atoms with Gasteiger partial charge in [-0.3, -0.25) is 4.55 Å². The molecule has 0 aliphatic rings. The summed E-state index contributed by atoms with van der Waals surface area (Å²) in [6.45, 7) is 4.40. The molecule has 0 aromatic heterocycles. The van der Waals surface area contributed by atoms with Crippen molar-refractivity contribution >= 4 is 10.4 Å². The van der Waals surface area contributed by atoms with Crippen LogP contribution in [0, 0.1) is 5.92 Å². The molecule has 0 heterocycles. The van der Waals surface area contributed by atoms with Gasteiger partial charge in [0.2, 0.25) is 0 Å². The topological polar surface area (TPSA) is 63.6 Å². The van der Waals surface area contributed by atoms with Crippen LogP contribution in [0.1, 0.15) is 84.5 Å². The Balaban J connectivity index is 3.98. The Kier molecular flexibility index (Phi) is 14.0. The van der Waals surface area contributed by atoms with Crippen molar-refractivity contribution in [1.82, 2.24) is 0 Å². The molecule has 0 aromatic rings. The molecule has 4 nitrogen and oxygen atoms in total. The molecule has 1 atom stereocenters. The molecule has 0 spiro atoms. The Morgan fingerprint density at radius 3 is 2.14 bits per heavy atom. The number of hydrogen-bond donors (Lipinski definition) is 1. The van der Waals surface area contributed by atoms with E-state index >= 15 is 0 Å². The highest BCUT2D eigenvalue weighted by Gasteiger charge is 2.11. The van der Waals surface area contributed by atoms with E-state index in [0.717, 1.165) is 32.1 Å². The minimum Gasteiger partial charge on any atom is -0.264 e. The SMILES string of the molecule is CCCC/C=C/C(CCCCCCCCC)COS(=O)(=O)O. The van der Waals surface area contributed by atoms with Crippen LogP contribution in [-0.2, 0) is 14.6 Å². The van der Waals surface area contributed by atoms with Gasteiger partial charge in [0, 0.05) is 5.92 Å². The van der Waals surface area contributed by atoms with Crippen molar-refractivity contribution in [2.45, 2.75) is 84.5 Å². The number of hydrogen-bond acceptors (Lipinski definition) is 3. The van der Waals surface area contributed by atoms with Crippen LogP contribution >= 0.6 is 0 Å². The maximum absolute atomic E-state index is 10.7. The Labute approximate surface area is 137 Å². The highest BCUT2D eigenvalue weighted by atomic mass is 32.3. The molecule has 132 valence electrons. The zero-order chi connectivity index (χ0) is 16.7. The Morgan fingerprint density at radius 2 is 1.55 bits per heavy atom. The van der Waals surface area contributed by atoms with Gasteiger partial charge in [0.25, 0.3) is 0 Å². The van der Waals surface area contributed by atoms with Crippen LogP contribution < -0.4 is 0 Å². The average Bonchev–Trinajstić information content (AvgIpc) is 2.46. The van der Waals surface area contributed by atoms with Crippen LogP contribution in [0.25, 0.3) is 0 Å². The smallest absolute Gasteiger partial charge is 0.264 e. The molecule has 0 amide bonds. The van der Waals surface area contributed by atoms with E-state index in [2.05, 4.69) is 24.1 Å². The second-order valence-corrected chi connectivity index (χ2v) is 7.04. The Bertz CT molecular complexity index is 363. The largest absolute Gasteiger partial charge is 0.397 e. The molecule has 0 bridgehead atoms. The van der Waals surface area contributed by atoms with Gasteiger partial charge in [-0.1, -0.05) is 83.8 Å². The van der Waals surface area contributed by atoms with Crippen LogP contribution in [0.2, 0.25) is 0 Å². The summed E-state index contributed by atoms with van der Waals surface area (Å²) < 4.78 is 34.6. The van der Waals surface area contributed by atoms with Gasteiger partial charge >= 0.3 is 10.4 Å². The molecule has 1 unspecified atom stereocenters. The number of allylic oxidation sites excluding steroid dienone is 1. The summed E-state index contributed by atoms with van der Waals surface area (Å²) in [6, 6.07) is 0. The molecule has 0 aliphatic carbocycles. The van der Waals surface area contributed by atoms with Gasteiger partial charge in [0.15, 0.2) is 0 Å². The third-order valence-corrected chi connectivity index (χ3v) is 4.18. The third-order valence-electron chi connectivity index (χ3n) is 3.74. The molecule has 1 N–H and O–H groups in total. The van der Waals surface area contributed by atoms with Gasteiger partial charge < -0.3 is 0 Å². The van der Waals surface area contributed by atoms with E-state index < -0.39 is 10.4 Å². The van der Waals surface area contributed by atoms with Crippen LogP contribution in [0.3, 0.4) is 0 Å². The fourth-order valence-corrected chi connectivity index (χ4v) is 2.73. The van der Waals surface area contributed by atoms with Gasteiger partial charge in [-0.25, -0.2) is 4.18 Å². The molecule has 0 saturated carbocycles. The minimum absolute atomic E-state index is 0.0390. The first-order chi connectivity index (χ1) is 10.5. The molecule has 0 fully saturated rings. The van der Waals surface area contributed by atoms with Gasteiger partial charge in [-0.2, -0.15) is 8.42 Å². The molecule has 5 heteroatoms. The van der Waals surface area contributed by atoms with E-state index in [1.807, 2.05) is 6.08 Å². The van der Waals surface area contributed by atoms with Crippen molar-refractivity contribution in [3.63, 3.8) is 0 Å². The zero-order valence-corrected chi connectivity index (χ0v) is 15.1. The summed E-state index contributed by atoms with van der Waals surface area (Å²) in [5.74, 6) is 0.0643. The zero-order valence-electron chi connectivity index (χ0n) is 14.3. The van der Waals surface area contributed by atoms with E-state index in [1.165, 1.54) is 38.5 Å². The van der Waals surface area contributed by atoms with E-state index in [9.17, 15) is 8.42 Å². The van der Waals surface area contributed by atoms with Crippen molar-refractivity contribution in [3.05, 3.63) is 12.2 Å². The standard InChI is InChI=1S/C17H34O4S/c1-3-5-7-9-10-11-13-15-17(14-12-8-6-4-2)16-21-22(18,19)20/h12,14,17H,3-11,13,15-16H2,1-2H3,(H,18,19,20)/b14-12+. The van der Waals surface area contributed by atoms with Crippen LogP contribution in [0.15, 0.2) is 12.2 Å². The van der Waals surface area contributed by atoms with Gasteiger partial charge in [0.1, 0.15) is 0 Å². The third kappa shape index (κ3) is 16.0. The molecule has 0 aliphatic heterocycles. The monoisotopic (exact) mass is 334 g/mol. The second-order valence-electron chi connectivity index (χ2n) is 5.95. The number of rotatable bonds is 15. The van der Waals surface area contributed by atoms with E-state index in [-0.39, 0.29) is 12.5 Å². The fraction of sp³-hybridized carbons (Fsp3) is 0.882. The highest BCUT2D eigenvalue weighted by Crippen LogP contribution is 2.16. The summed E-state index contributed by atoms with van der Waals surface area (Å²) in [4.78, 5) is 0. The maximum Gasteiger partial charge on any atom is 0.397 e. The highest BCUT2D eigenvalue weighted by molar-refractivity contribution is 7.80. The predicted octanol–water partition coefficient (Wildman–Crippen LogP) is 5.31. The summed E-state index contributed by atoms with van der Waals surface area (Å²) in [7, 11) is -4.33. The summed E-state index contributed by atoms with van der Waals surface area (Å²) in [6.07, 6.45) is 17.0. The lowest BCUT2D eigenvalue weighted by Crippen LogP contribution is -2.12. The Morgan fingerprint density at radius 1 is 0.955 bits per heavy atom. The fourth-order valence-electron chi connectivity index (χ4n) is 2.38. The first-order valence-electron chi connectivity index (χ1n) is 8.78. The molecule has 22 heavy (non-hydrogen) atoms. The van der Waals surface area contributed by atoms with E-state index in [1.54, 1.807) is 0 Å². The first-order valence-corrected chi connectivity index (χ1v) is 10.1. The lowest BCUT2D eigenvalue weighted by Gasteiger charge is -2.12. The average molecular weight is 335 g/mol. The summed E-state index contributed by atoms with van der Waals surface area (Å²) in [5, 5.41) is 0. The summed E-state index contributed by atoms with van der Waals surface area (Å²) >= 11 is 0. The van der Waals surface area contributed by atoms with Gasteiger partial charge in [0.05, 0.1) is 6.61 Å². The molecular formula is C17H34O4S. The summed E-state index contributed by atoms with van der Waals surface area (Å²) in [5.41, 5.74) is 0. The van der Waals surface area contributed by atoms with Crippen LogP contribution in [0.5, 0.6) is 0 Å². The van der Waals surface area contributed by atoms with Crippen molar-refractivity contribution in [1.29, 1.82) is 0 Å². The van der Waals surface area contributed by atoms with E-state index in [0.29, 0.717) is 0 Å². The van der Waals surface area contributed by atoms with Crippen molar-refractivity contribution < 1.29 is 17.2 Å². The second kappa shape index (κ2) is 14.2.